The molecule has 2 aliphatic rings. The van der Waals surface area contributed by atoms with Crippen molar-refractivity contribution in [1.29, 1.82) is 0 Å². The molecule has 1 atom stereocenters. The first-order valence-corrected chi connectivity index (χ1v) is 18.2. The quantitative estimate of drug-likeness (QED) is 0.210. The van der Waals surface area contributed by atoms with Crippen LogP contribution >= 0.6 is 11.6 Å². The summed E-state index contributed by atoms with van der Waals surface area (Å²) in [4.78, 5) is 58.0. The molecule has 0 aliphatic carbocycles. The van der Waals surface area contributed by atoms with E-state index < -0.39 is 47.4 Å². The summed E-state index contributed by atoms with van der Waals surface area (Å²) < 4.78 is 49.2. The van der Waals surface area contributed by atoms with E-state index in [-0.39, 0.29) is 76.5 Å². The summed E-state index contributed by atoms with van der Waals surface area (Å²) in [6, 6.07) is 10.2. The van der Waals surface area contributed by atoms with Crippen molar-refractivity contribution in [3.05, 3.63) is 97.9 Å². The molecule has 56 heavy (non-hydrogen) atoms. The van der Waals surface area contributed by atoms with Crippen LogP contribution in [0.1, 0.15) is 78.3 Å². The number of aromatic hydroxyl groups is 1. The number of carbonyl (C=O) groups excluding carboxylic acids is 2. The molecule has 3 aromatic heterocycles. The van der Waals surface area contributed by atoms with E-state index in [1.807, 2.05) is 38.4 Å². The lowest BCUT2D eigenvalue weighted by molar-refractivity contribution is -0.137. The van der Waals surface area contributed by atoms with Gasteiger partial charge in [-0.3, -0.25) is 14.4 Å². The summed E-state index contributed by atoms with van der Waals surface area (Å²) in [5, 5.41) is 17.4. The molecule has 0 saturated carbocycles. The largest absolute Gasteiger partial charge is 0.504 e. The van der Waals surface area contributed by atoms with Gasteiger partial charge in [0.1, 0.15) is 18.5 Å². The number of aryl methyl sites for hydroxylation is 1. The predicted molar refractivity (Wildman–Crippen MR) is 199 cm³/mol. The first kappa shape index (κ1) is 38.9. The highest BCUT2D eigenvalue weighted by molar-refractivity contribution is 6.33. The Bertz CT molecular complexity index is 2440. The molecule has 1 spiro atoms. The van der Waals surface area contributed by atoms with Gasteiger partial charge in [-0.2, -0.15) is 22.7 Å². The van der Waals surface area contributed by atoms with Crippen molar-refractivity contribution in [1.82, 2.24) is 38.9 Å². The maximum atomic E-state index is 14.6. The fraction of sp³-hybridized carbons (Fsp3) is 0.395. The Morgan fingerprint density at radius 1 is 1.07 bits per heavy atom. The van der Waals surface area contributed by atoms with E-state index >= 15 is 0 Å². The van der Waals surface area contributed by atoms with Crippen LogP contribution in [-0.4, -0.2) is 83.0 Å². The van der Waals surface area contributed by atoms with Crippen LogP contribution in [0.25, 0.3) is 17.2 Å². The summed E-state index contributed by atoms with van der Waals surface area (Å²) >= 11 is 6.17. The number of benzene rings is 2. The fourth-order valence-corrected chi connectivity index (χ4v) is 7.51. The summed E-state index contributed by atoms with van der Waals surface area (Å²) in [6.07, 6.45) is -3.77. The number of nitrogens with one attached hydrogen (secondary N) is 1. The highest BCUT2D eigenvalue weighted by atomic mass is 35.5. The molecule has 2 amide bonds. The zero-order valence-electron chi connectivity index (χ0n) is 31.4. The van der Waals surface area contributed by atoms with Crippen molar-refractivity contribution < 1.29 is 32.6 Å². The van der Waals surface area contributed by atoms with Gasteiger partial charge in [-0.1, -0.05) is 35.9 Å². The van der Waals surface area contributed by atoms with E-state index in [2.05, 4.69) is 39.1 Å². The number of hydrogen-bond donors (Lipinski definition) is 2. The molecule has 1 fully saturated rings. The van der Waals surface area contributed by atoms with Crippen LogP contribution in [0.4, 0.5) is 18.9 Å². The SMILES string of the molecule is Cc1ncnc(C(=O)N2CCC3(CC2)OC(C)c2c3c(=O)n3nc(-c4ccc(C(C)(C)N(C)C)cc4)nc3n2CC(=O)Nc2ccc(C(F)(F)F)cc2Cl)c1O. The number of aromatic nitrogens is 6. The van der Waals surface area contributed by atoms with Gasteiger partial charge >= 0.3 is 6.18 Å². The molecule has 18 heteroatoms. The van der Waals surface area contributed by atoms with E-state index in [1.165, 1.54) is 15.8 Å². The molecule has 1 unspecified atom stereocenters. The smallest absolute Gasteiger partial charge is 0.416 e. The number of halogens is 4. The normalized spacial score (nSPS) is 16.8. The number of likely N-dealkylation sites (tertiary alicyclic amines) is 1. The van der Waals surface area contributed by atoms with Gasteiger partial charge in [0, 0.05) is 24.2 Å². The first-order chi connectivity index (χ1) is 26.3. The Balaban J connectivity index is 1.29. The molecule has 7 rings (SSSR count). The standard InChI is InChI=1S/C38H39ClF3N9O5/c1-20-31(53)29(44-19-43-20)34(55)49-15-13-37(14-16-49)28-30(21(2)56-37)50(18-27(52)45-26-12-11-24(17-25(26)39)38(40,41)42)35-46-32(47-51(35)33(28)54)22-7-9-23(10-8-22)36(3,4)48(5)6/h7-12,17,19,21,53H,13-16,18H2,1-6H3,(H,45,52). The van der Waals surface area contributed by atoms with Crippen LogP contribution in [0.3, 0.4) is 0 Å². The number of nitrogens with zero attached hydrogens (tertiary/aromatic N) is 8. The zero-order chi connectivity index (χ0) is 40.5. The number of carbonyl (C=O) groups is 2. The van der Waals surface area contributed by atoms with E-state index in [9.17, 15) is 32.7 Å². The highest BCUT2D eigenvalue weighted by Crippen LogP contribution is 2.48. The molecule has 2 aromatic carbocycles. The average Bonchev–Trinajstić information content (AvgIpc) is 3.72. The minimum atomic E-state index is -4.63. The van der Waals surface area contributed by atoms with Gasteiger partial charge in [0.15, 0.2) is 17.3 Å². The minimum Gasteiger partial charge on any atom is -0.504 e. The second-order valence-corrected chi connectivity index (χ2v) is 15.2. The number of alkyl halides is 3. The number of piperidine rings is 1. The molecule has 0 radical (unpaired) electrons. The van der Waals surface area contributed by atoms with Crippen LogP contribution < -0.4 is 10.9 Å². The molecule has 2 N–H and O–H groups in total. The number of anilines is 1. The van der Waals surface area contributed by atoms with Gasteiger partial charge in [-0.25, -0.2) is 9.97 Å². The number of rotatable bonds is 7. The monoisotopic (exact) mass is 793 g/mol. The molecule has 294 valence electrons. The third kappa shape index (κ3) is 6.66. The Kier molecular flexibility index (Phi) is 9.69. The molecule has 14 nitrogen and oxygen atoms in total. The molecular formula is C38H39ClF3N9O5. The Morgan fingerprint density at radius 2 is 1.73 bits per heavy atom. The van der Waals surface area contributed by atoms with E-state index in [1.54, 1.807) is 13.8 Å². The van der Waals surface area contributed by atoms with Gasteiger partial charge in [-0.15, -0.1) is 5.10 Å². The Morgan fingerprint density at radius 3 is 2.36 bits per heavy atom. The summed E-state index contributed by atoms with van der Waals surface area (Å²) in [5.41, 5.74) is -0.559. The fourth-order valence-electron chi connectivity index (χ4n) is 7.28. The number of hydrogen-bond acceptors (Lipinski definition) is 10. The molecule has 1 saturated heterocycles. The molecule has 5 aromatic rings. The van der Waals surface area contributed by atoms with E-state index in [4.69, 9.17) is 21.3 Å². The van der Waals surface area contributed by atoms with Crippen LogP contribution in [0, 0.1) is 6.92 Å². The molecular weight excluding hydrogens is 755 g/mol. The maximum absolute atomic E-state index is 14.6. The highest BCUT2D eigenvalue weighted by Gasteiger charge is 2.51. The number of fused-ring (bicyclic) bond motifs is 3. The van der Waals surface area contributed by atoms with Gasteiger partial charge in [0.05, 0.1) is 39.3 Å². The van der Waals surface area contributed by atoms with Gasteiger partial charge in [0.25, 0.3) is 11.5 Å². The predicted octanol–water partition coefficient (Wildman–Crippen LogP) is 5.69. The molecule has 5 heterocycles. The van der Waals surface area contributed by atoms with Crippen molar-refractivity contribution in [2.45, 2.75) is 70.5 Å². The summed E-state index contributed by atoms with van der Waals surface area (Å²) in [6.45, 7) is 7.34. The lowest BCUT2D eigenvalue weighted by atomic mass is 9.85. The molecule has 2 aliphatic heterocycles. The second kappa shape index (κ2) is 14.0. The van der Waals surface area contributed by atoms with Crippen LogP contribution in [0.2, 0.25) is 5.02 Å². The third-order valence-corrected chi connectivity index (χ3v) is 11.2. The van der Waals surface area contributed by atoms with Crippen molar-refractivity contribution in [3.8, 4) is 17.1 Å². The van der Waals surface area contributed by atoms with Crippen molar-refractivity contribution in [3.63, 3.8) is 0 Å². The summed E-state index contributed by atoms with van der Waals surface area (Å²) in [5.74, 6) is -1.20. The topological polar surface area (TPSA) is 160 Å². The lowest BCUT2D eigenvalue weighted by Gasteiger charge is -2.39. The van der Waals surface area contributed by atoms with Crippen LogP contribution in [0.5, 0.6) is 5.75 Å². The van der Waals surface area contributed by atoms with Gasteiger partial charge in [0.2, 0.25) is 11.7 Å². The zero-order valence-corrected chi connectivity index (χ0v) is 32.2. The lowest BCUT2D eigenvalue weighted by Crippen LogP contribution is -2.47. The van der Waals surface area contributed by atoms with Gasteiger partial charge < -0.3 is 29.5 Å². The van der Waals surface area contributed by atoms with Crippen LogP contribution in [0.15, 0.2) is 53.6 Å². The van der Waals surface area contributed by atoms with Gasteiger partial charge in [-0.05, 0) is 78.4 Å². The second-order valence-electron chi connectivity index (χ2n) is 14.8. The molecule has 0 bridgehead atoms. The maximum Gasteiger partial charge on any atom is 0.416 e. The first-order valence-electron chi connectivity index (χ1n) is 17.8. The van der Waals surface area contributed by atoms with E-state index in [0.29, 0.717) is 11.3 Å². The van der Waals surface area contributed by atoms with Crippen molar-refractivity contribution in [2.75, 3.05) is 32.5 Å². The van der Waals surface area contributed by atoms with Crippen molar-refractivity contribution in [2.24, 2.45) is 0 Å². The number of amides is 2. The third-order valence-electron chi connectivity index (χ3n) is 10.9. The summed E-state index contributed by atoms with van der Waals surface area (Å²) in [7, 11) is 3.96. The average molecular weight is 794 g/mol. The van der Waals surface area contributed by atoms with Crippen LogP contribution in [-0.2, 0) is 33.4 Å². The Hall–Kier alpha value is -5.39. The minimum absolute atomic E-state index is 0.0380. The number of ether oxygens (including phenoxy) is 1. The van der Waals surface area contributed by atoms with Crippen molar-refractivity contribution >= 4 is 34.9 Å². The Labute approximate surface area is 323 Å². The van der Waals surface area contributed by atoms with E-state index in [0.717, 1.165) is 28.3 Å².